The largest absolute Gasteiger partial charge is 0.465 e. The van der Waals surface area contributed by atoms with Crippen molar-refractivity contribution >= 4 is 44.9 Å². The van der Waals surface area contributed by atoms with Gasteiger partial charge in [0.2, 0.25) is 5.55 Å². The normalized spacial score (nSPS) is 10.8. The van der Waals surface area contributed by atoms with Crippen molar-refractivity contribution in [1.82, 2.24) is 0 Å². The SMILES string of the molecule is CCN(CC)c1ccc2cc(C(=O)Nc3sc(Cc4ccccc4)cc3C(=O)OC)c(=N)oc2c1. The van der Waals surface area contributed by atoms with Crippen LogP contribution < -0.4 is 15.8 Å². The Balaban J connectivity index is 1.63. The van der Waals surface area contributed by atoms with E-state index in [2.05, 4.69) is 24.1 Å². The Morgan fingerprint density at radius 2 is 1.77 bits per heavy atom. The number of hydrogen-bond donors (Lipinski definition) is 2. The molecule has 0 aliphatic heterocycles. The molecule has 0 aliphatic rings. The predicted octanol–water partition coefficient (Wildman–Crippen LogP) is 5.45. The number of benzene rings is 2. The molecule has 0 spiro atoms. The van der Waals surface area contributed by atoms with Gasteiger partial charge >= 0.3 is 5.97 Å². The number of methoxy groups -OCH3 is 1. The number of nitrogens with zero attached hydrogens (tertiary/aromatic N) is 1. The summed E-state index contributed by atoms with van der Waals surface area (Å²) in [4.78, 5) is 28.6. The van der Waals surface area contributed by atoms with Crippen LogP contribution in [0.1, 0.15) is 45.0 Å². The highest BCUT2D eigenvalue weighted by molar-refractivity contribution is 7.16. The van der Waals surface area contributed by atoms with E-state index in [-0.39, 0.29) is 16.7 Å². The maximum atomic E-state index is 13.1. The van der Waals surface area contributed by atoms with Crippen LogP contribution in [-0.2, 0) is 11.2 Å². The molecule has 0 atom stereocenters. The van der Waals surface area contributed by atoms with Crippen LogP contribution in [0.15, 0.2) is 65.1 Å². The van der Waals surface area contributed by atoms with Gasteiger partial charge in [0.05, 0.1) is 12.7 Å². The Bertz CT molecular complexity index is 1420. The second-order valence-corrected chi connectivity index (χ2v) is 9.08. The fourth-order valence-electron chi connectivity index (χ4n) is 3.92. The van der Waals surface area contributed by atoms with Gasteiger partial charge in [0, 0.05) is 41.5 Å². The van der Waals surface area contributed by atoms with Crippen LogP contribution in [0.5, 0.6) is 0 Å². The van der Waals surface area contributed by atoms with Crippen molar-refractivity contribution in [2.45, 2.75) is 20.3 Å². The number of carbonyl (C=O) groups is 2. The Morgan fingerprint density at radius 3 is 2.46 bits per heavy atom. The Labute approximate surface area is 207 Å². The summed E-state index contributed by atoms with van der Waals surface area (Å²) < 4.78 is 10.6. The van der Waals surface area contributed by atoms with E-state index in [9.17, 15) is 9.59 Å². The molecule has 8 heteroatoms. The molecule has 0 fully saturated rings. The highest BCUT2D eigenvalue weighted by Gasteiger charge is 2.21. The summed E-state index contributed by atoms with van der Waals surface area (Å²) in [5, 5.41) is 12.2. The van der Waals surface area contributed by atoms with Crippen LogP contribution in [0.2, 0.25) is 0 Å². The lowest BCUT2D eigenvalue weighted by molar-refractivity contribution is 0.0602. The van der Waals surface area contributed by atoms with E-state index >= 15 is 0 Å². The first kappa shape index (κ1) is 24.2. The van der Waals surface area contributed by atoms with Crippen LogP contribution >= 0.6 is 11.3 Å². The number of nitrogens with one attached hydrogen (secondary N) is 2. The molecule has 0 radical (unpaired) electrons. The molecule has 2 N–H and O–H groups in total. The second kappa shape index (κ2) is 10.6. The topological polar surface area (TPSA) is 95.6 Å². The zero-order valence-corrected chi connectivity index (χ0v) is 20.7. The summed E-state index contributed by atoms with van der Waals surface area (Å²) in [7, 11) is 1.30. The van der Waals surface area contributed by atoms with Gasteiger partial charge in [-0.3, -0.25) is 10.2 Å². The highest BCUT2D eigenvalue weighted by atomic mass is 32.1. The zero-order valence-electron chi connectivity index (χ0n) is 19.9. The van der Waals surface area contributed by atoms with E-state index in [1.165, 1.54) is 18.4 Å². The fourth-order valence-corrected chi connectivity index (χ4v) is 5.00. The van der Waals surface area contributed by atoms with Crippen molar-refractivity contribution in [2.75, 3.05) is 30.4 Å². The van der Waals surface area contributed by atoms with Crippen LogP contribution in [0.25, 0.3) is 11.0 Å². The van der Waals surface area contributed by atoms with E-state index in [0.717, 1.165) is 29.2 Å². The molecule has 2 heterocycles. The molecule has 0 unspecified atom stereocenters. The summed E-state index contributed by atoms with van der Waals surface area (Å²) in [6, 6.07) is 19.0. The number of amides is 1. The van der Waals surface area contributed by atoms with Gasteiger partial charge in [-0.1, -0.05) is 30.3 Å². The van der Waals surface area contributed by atoms with E-state index in [0.29, 0.717) is 22.4 Å². The molecule has 35 heavy (non-hydrogen) atoms. The lowest BCUT2D eigenvalue weighted by Crippen LogP contribution is -2.22. The van der Waals surface area contributed by atoms with E-state index in [1.54, 1.807) is 12.1 Å². The Kier molecular flexibility index (Phi) is 7.31. The lowest BCUT2D eigenvalue weighted by atomic mass is 10.1. The summed E-state index contributed by atoms with van der Waals surface area (Å²) in [6.07, 6.45) is 0.620. The maximum absolute atomic E-state index is 13.1. The number of carbonyl (C=O) groups excluding carboxylic acids is 2. The third-order valence-corrected chi connectivity index (χ3v) is 6.81. The molecular weight excluding hydrogens is 462 g/mol. The van der Waals surface area contributed by atoms with E-state index in [4.69, 9.17) is 14.6 Å². The van der Waals surface area contributed by atoms with Gasteiger partial charge in [-0.05, 0) is 43.7 Å². The molecule has 1 amide bonds. The minimum Gasteiger partial charge on any atom is -0.465 e. The van der Waals surface area contributed by atoms with Gasteiger partial charge in [-0.25, -0.2) is 4.79 Å². The van der Waals surface area contributed by atoms with E-state index < -0.39 is 11.9 Å². The maximum Gasteiger partial charge on any atom is 0.340 e. The molecule has 180 valence electrons. The number of fused-ring (bicyclic) bond motifs is 1. The summed E-state index contributed by atoms with van der Waals surface area (Å²) in [5.74, 6) is -1.05. The standard InChI is InChI=1S/C27H27N3O4S/c1-4-30(5-2)19-12-11-18-14-21(24(28)34-23(18)15-19)25(31)29-26-22(27(32)33-3)16-20(35-26)13-17-9-7-6-8-10-17/h6-12,14-16,28H,4-5,13H2,1-3H3,(H,29,31). The lowest BCUT2D eigenvalue weighted by Gasteiger charge is -2.21. The zero-order chi connectivity index (χ0) is 24.9. The third kappa shape index (κ3) is 5.27. The van der Waals surface area contributed by atoms with Gasteiger partial charge in [0.1, 0.15) is 16.1 Å². The number of ether oxygens (including phenoxy) is 1. The number of anilines is 2. The molecule has 4 aromatic rings. The number of thiophene rings is 1. The van der Waals surface area contributed by atoms with Crippen LogP contribution in [0.4, 0.5) is 10.7 Å². The Hall–Kier alpha value is -3.91. The van der Waals surface area contributed by atoms with Crippen molar-refractivity contribution < 1.29 is 18.7 Å². The quantitative estimate of drug-likeness (QED) is 0.321. The summed E-state index contributed by atoms with van der Waals surface area (Å²) in [6.45, 7) is 5.86. The van der Waals surface area contributed by atoms with Crippen molar-refractivity contribution in [3.63, 3.8) is 0 Å². The fraction of sp³-hybridized carbons (Fsp3) is 0.222. The molecule has 4 rings (SSSR count). The monoisotopic (exact) mass is 489 g/mol. The van der Waals surface area contributed by atoms with Gasteiger partial charge in [0.25, 0.3) is 5.91 Å². The van der Waals surface area contributed by atoms with Crippen LogP contribution in [0.3, 0.4) is 0 Å². The first-order valence-electron chi connectivity index (χ1n) is 11.4. The molecule has 2 aromatic carbocycles. The van der Waals surface area contributed by atoms with Gasteiger partial charge < -0.3 is 19.4 Å². The molecule has 2 aromatic heterocycles. The first-order valence-corrected chi connectivity index (χ1v) is 12.2. The highest BCUT2D eigenvalue weighted by Crippen LogP contribution is 2.31. The minimum atomic E-state index is -0.533. The molecule has 0 bridgehead atoms. The van der Waals surface area contributed by atoms with Crippen molar-refractivity contribution in [1.29, 1.82) is 5.41 Å². The third-order valence-electron chi connectivity index (χ3n) is 5.76. The smallest absolute Gasteiger partial charge is 0.340 e. The summed E-state index contributed by atoms with van der Waals surface area (Å²) >= 11 is 1.31. The van der Waals surface area contributed by atoms with Crippen molar-refractivity contribution in [2.24, 2.45) is 0 Å². The Morgan fingerprint density at radius 1 is 1.03 bits per heavy atom. The minimum absolute atomic E-state index is 0.0851. The number of hydrogen-bond acceptors (Lipinski definition) is 7. The first-order chi connectivity index (χ1) is 16.9. The van der Waals surface area contributed by atoms with Crippen LogP contribution in [-0.4, -0.2) is 32.1 Å². The van der Waals surface area contributed by atoms with Gasteiger partial charge in [-0.2, -0.15) is 0 Å². The number of rotatable bonds is 8. The molecule has 0 aliphatic carbocycles. The van der Waals surface area contributed by atoms with Gasteiger partial charge in [-0.15, -0.1) is 11.3 Å². The van der Waals surface area contributed by atoms with Crippen LogP contribution in [0, 0.1) is 5.41 Å². The summed E-state index contributed by atoms with van der Waals surface area (Å²) in [5.41, 5.74) is 2.75. The average molecular weight is 490 g/mol. The second-order valence-electron chi connectivity index (χ2n) is 7.95. The average Bonchev–Trinajstić information content (AvgIpc) is 3.26. The molecular formula is C27H27N3O4S. The molecule has 7 nitrogen and oxygen atoms in total. The van der Waals surface area contributed by atoms with Crippen molar-refractivity contribution in [3.05, 3.63) is 87.8 Å². The van der Waals surface area contributed by atoms with Gasteiger partial charge in [0.15, 0.2) is 0 Å². The number of esters is 1. The van der Waals surface area contributed by atoms with E-state index in [1.807, 2.05) is 48.5 Å². The van der Waals surface area contributed by atoms with Crippen molar-refractivity contribution in [3.8, 4) is 0 Å². The predicted molar refractivity (Wildman–Crippen MR) is 138 cm³/mol. The molecule has 0 saturated carbocycles. The molecule has 0 saturated heterocycles.